The van der Waals surface area contributed by atoms with Gasteiger partial charge in [0, 0.05) is 17.8 Å². The van der Waals surface area contributed by atoms with Gasteiger partial charge in [0.15, 0.2) is 0 Å². The predicted octanol–water partition coefficient (Wildman–Crippen LogP) is -0.350. The fourth-order valence-corrected chi connectivity index (χ4v) is 1.20. The lowest BCUT2D eigenvalue weighted by Gasteiger charge is -2.13. The zero-order valence-corrected chi connectivity index (χ0v) is 8.22. The van der Waals surface area contributed by atoms with Gasteiger partial charge in [0.05, 0.1) is 19.3 Å². The lowest BCUT2D eigenvalue weighted by molar-refractivity contribution is 0.105. The van der Waals surface area contributed by atoms with Crippen molar-refractivity contribution in [3.05, 3.63) is 23.8 Å². The van der Waals surface area contributed by atoms with Gasteiger partial charge >= 0.3 is 0 Å². The first-order valence-corrected chi connectivity index (χ1v) is 4.63. The normalized spacial score (nSPS) is 12.5. The molecule has 0 aliphatic rings. The van der Waals surface area contributed by atoms with Crippen LogP contribution < -0.4 is 5.32 Å². The molecule has 0 heterocycles. The van der Waals surface area contributed by atoms with Gasteiger partial charge in [0.2, 0.25) is 0 Å². The van der Waals surface area contributed by atoms with E-state index >= 15 is 0 Å². The fourth-order valence-electron chi connectivity index (χ4n) is 1.20. The second-order valence-corrected chi connectivity index (χ2v) is 3.18. The van der Waals surface area contributed by atoms with Crippen molar-refractivity contribution in [2.45, 2.75) is 12.7 Å². The minimum Gasteiger partial charge on any atom is -0.508 e. The highest BCUT2D eigenvalue weighted by Gasteiger charge is 2.07. The zero-order chi connectivity index (χ0) is 11.3. The van der Waals surface area contributed by atoms with Gasteiger partial charge in [-0.2, -0.15) is 0 Å². The molecule has 5 nitrogen and oxygen atoms in total. The Hall–Kier alpha value is -1.30. The summed E-state index contributed by atoms with van der Waals surface area (Å²) >= 11 is 0. The molecule has 0 amide bonds. The maximum atomic E-state index is 9.40. The molecule has 1 rings (SSSR count). The van der Waals surface area contributed by atoms with Gasteiger partial charge in [-0.05, 0) is 12.1 Å². The van der Waals surface area contributed by atoms with Gasteiger partial charge in [0.25, 0.3) is 0 Å². The smallest absolute Gasteiger partial charge is 0.123 e. The minimum atomic E-state index is -0.862. The van der Waals surface area contributed by atoms with Crippen LogP contribution in [0, 0.1) is 0 Å². The van der Waals surface area contributed by atoms with E-state index in [1.807, 2.05) is 0 Å². The second-order valence-electron chi connectivity index (χ2n) is 3.18. The van der Waals surface area contributed by atoms with Crippen LogP contribution in [0.1, 0.15) is 5.56 Å². The molecule has 1 aromatic rings. The topological polar surface area (TPSA) is 93.0 Å². The molecule has 15 heavy (non-hydrogen) atoms. The molecule has 0 aromatic heterocycles. The number of aliphatic hydroxyl groups is 3. The summed E-state index contributed by atoms with van der Waals surface area (Å²) < 4.78 is 0. The molecule has 1 atom stereocenters. The van der Waals surface area contributed by atoms with Crippen LogP contribution in [-0.4, -0.2) is 39.7 Å². The number of anilines is 1. The van der Waals surface area contributed by atoms with Crippen LogP contribution in [0.15, 0.2) is 18.2 Å². The highest BCUT2D eigenvalue weighted by molar-refractivity contribution is 5.56. The number of rotatable bonds is 5. The predicted molar refractivity (Wildman–Crippen MR) is 55.6 cm³/mol. The van der Waals surface area contributed by atoms with Gasteiger partial charge in [-0.3, -0.25) is 0 Å². The van der Waals surface area contributed by atoms with E-state index in [0.29, 0.717) is 11.3 Å². The third-order valence-electron chi connectivity index (χ3n) is 2.05. The Morgan fingerprint density at radius 1 is 1.27 bits per heavy atom. The van der Waals surface area contributed by atoms with E-state index in [1.54, 1.807) is 12.1 Å². The standard InChI is InChI=1S/C10H15NO4/c12-5-7(14)4-11-9-2-1-3-10(15)8(9)6-13/h1-3,7,11-15H,4-6H2. The number of nitrogens with one attached hydrogen (secondary N) is 1. The Bertz CT molecular complexity index is 316. The molecule has 0 bridgehead atoms. The third kappa shape index (κ3) is 3.09. The van der Waals surface area contributed by atoms with Gasteiger partial charge in [-0.1, -0.05) is 6.07 Å². The Morgan fingerprint density at radius 3 is 2.60 bits per heavy atom. The van der Waals surface area contributed by atoms with Crippen molar-refractivity contribution in [3.63, 3.8) is 0 Å². The fraction of sp³-hybridized carbons (Fsp3) is 0.400. The van der Waals surface area contributed by atoms with E-state index in [4.69, 9.17) is 15.3 Å². The minimum absolute atomic E-state index is 0.000915. The summed E-state index contributed by atoms with van der Waals surface area (Å²) in [5, 5.41) is 39.0. The molecule has 1 aromatic carbocycles. The first kappa shape index (κ1) is 11.8. The van der Waals surface area contributed by atoms with Crippen molar-refractivity contribution in [1.29, 1.82) is 0 Å². The largest absolute Gasteiger partial charge is 0.508 e. The Kier molecular flexibility index (Phi) is 4.36. The molecule has 0 aliphatic carbocycles. The van der Waals surface area contributed by atoms with E-state index < -0.39 is 6.10 Å². The molecular weight excluding hydrogens is 198 g/mol. The number of aromatic hydroxyl groups is 1. The van der Waals surface area contributed by atoms with Crippen molar-refractivity contribution in [1.82, 2.24) is 0 Å². The van der Waals surface area contributed by atoms with Crippen LogP contribution >= 0.6 is 0 Å². The van der Waals surface area contributed by atoms with E-state index in [0.717, 1.165) is 0 Å². The van der Waals surface area contributed by atoms with Gasteiger partial charge < -0.3 is 25.7 Å². The van der Waals surface area contributed by atoms with Gasteiger partial charge in [0.1, 0.15) is 5.75 Å². The van der Waals surface area contributed by atoms with Gasteiger partial charge in [-0.15, -0.1) is 0 Å². The first-order valence-electron chi connectivity index (χ1n) is 4.63. The molecule has 0 radical (unpaired) electrons. The molecule has 5 N–H and O–H groups in total. The maximum Gasteiger partial charge on any atom is 0.123 e. The molecular formula is C10H15NO4. The summed E-state index contributed by atoms with van der Waals surface area (Å²) in [4.78, 5) is 0. The number of hydrogen-bond acceptors (Lipinski definition) is 5. The van der Waals surface area contributed by atoms with Crippen molar-refractivity contribution in [2.24, 2.45) is 0 Å². The van der Waals surface area contributed by atoms with E-state index in [-0.39, 0.29) is 25.5 Å². The van der Waals surface area contributed by atoms with Crippen LogP contribution in [0.25, 0.3) is 0 Å². The van der Waals surface area contributed by atoms with Gasteiger partial charge in [-0.25, -0.2) is 0 Å². The average Bonchev–Trinajstić information content (AvgIpc) is 2.25. The summed E-state index contributed by atoms with van der Waals surface area (Å²) in [7, 11) is 0. The van der Waals surface area contributed by atoms with Crippen LogP contribution in [0.4, 0.5) is 5.69 Å². The zero-order valence-electron chi connectivity index (χ0n) is 8.22. The third-order valence-corrected chi connectivity index (χ3v) is 2.05. The number of aliphatic hydroxyl groups excluding tert-OH is 3. The number of phenols is 1. The molecule has 5 heteroatoms. The van der Waals surface area contributed by atoms with Crippen molar-refractivity contribution < 1.29 is 20.4 Å². The van der Waals surface area contributed by atoms with E-state index in [1.165, 1.54) is 6.07 Å². The summed E-state index contributed by atoms with van der Waals surface area (Å²) in [6, 6.07) is 4.77. The van der Waals surface area contributed by atoms with Crippen LogP contribution in [0.3, 0.4) is 0 Å². The summed E-state index contributed by atoms with van der Waals surface area (Å²) in [6.45, 7) is -0.461. The molecule has 0 saturated carbocycles. The molecule has 0 saturated heterocycles. The van der Waals surface area contributed by atoms with Crippen LogP contribution in [0.5, 0.6) is 5.75 Å². The Labute approximate surface area is 87.6 Å². The summed E-state index contributed by atoms with van der Waals surface area (Å²) in [6.07, 6.45) is -0.862. The number of benzene rings is 1. The monoisotopic (exact) mass is 213 g/mol. The lowest BCUT2D eigenvalue weighted by Crippen LogP contribution is -2.23. The lowest BCUT2D eigenvalue weighted by atomic mass is 10.1. The highest BCUT2D eigenvalue weighted by atomic mass is 16.3. The Morgan fingerprint density at radius 2 is 2.00 bits per heavy atom. The quantitative estimate of drug-likeness (QED) is 0.461. The van der Waals surface area contributed by atoms with Crippen molar-refractivity contribution >= 4 is 5.69 Å². The Balaban J connectivity index is 2.72. The first-order chi connectivity index (χ1) is 7.19. The molecule has 84 valence electrons. The van der Waals surface area contributed by atoms with Crippen molar-refractivity contribution in [3.8, 4) is 5.75 Å². The SMILES string of the molecule is OCc1c(O)cccc1NCC(O)CO. The van der Waals surface area contributed by atoms with Crippen molar-refractivity contribution in [2.75, 3.05) is 18.5 Å². The average molecular weight is 213 g/mol. The van der Waals surface area contributed by atoms with Crippen LogP contribution in [0.2, 0.25) is 0 Å². The molecule has 1 unspecified atom stereocenters. The summed E-state index contributed by atoms with van der Waals surface area (Å²) in [5.41, 5.74) is 0.924. The molecule has 0 fully saturated rings. The highest BCUT2D eigenvalue weighted by Crippen LogP contribution is 2.24. The molecule has 0 aliphatic heterocycles. The van der Waals surface area contributed by atoms with E-state index in [9.17, 15) is 5.11 Å². The number of hydrogen-bond donors (Lipinski definition) is 5. The maximum absolute atomic E-state index is 9.40. The molecule has 0 spiro atoms. The second kappa shape index (κ2) is 5.55. The van der Waals surface area contributed by atoms with Crippen LogP contribution in [-0.2, 0) is 6.61 Å². The van der Waals surface area contributed by atoms with E-state index in [2.05, 4.69) is 5.32 Å². The summed E-state index contributed by atoms with van der Waals surface area (Å²) in [5.74, 6) is 0.000915.